The Morgan fingerprint density at radius 2 is 2.07 bits per heavy atom. The van der Waals surface area contributed by atoms with Crippen molar-refractivity contribution in [1.29, 1.82) is 0 Å². The van der Waals surface area contributed by atoms with Gasteiger partial charge in [-0.05, 0) is 29.9 Å². The fourth-order valence-corrected chi connectivity index (χ4v) is 1.46. The lowest BCUT2D eigenvalue weighted by Gasteiger charge is -2.03. The van der Waals surface area contributed by atoms with E-state index in [4.69, 9.17) is 18.0 Å². The highest BCUT2D eigenvalue weighted by Crippen LogP contribution is 2.07. The number of halogens is 1. The third-order valence-electron chi connectivity index (χ3n) is 2.04. The van der Waals surface area contributed by atoms with Crippen LogP contribution in [0.1, 0.15) is 5.56 Å². The number of nitrogens with zero attached hydrogens (tertiary/aromatic N) is 2. The minimum atomic E-state index is -0.262. The molecule has 0 spiro atoms. The van der Waals surface area contributed by atoms with Crippen LogP contribution in [0.2, 0.25) is 0 Å². The molecule has 6 heteroatoms. The Bertz CT molecular complexity index is 514. The van der Waals surface area contributed by atoms with Crippen LogP contribution in [0, 0.1) is 10.6 Å². The second-order valence-electron chi connectivity index (χ2n) is 3.10. The van der Waals surface area contributed by atoms with E-state index in [0.717, 1.165) is 5.56 Å². The number of anilines is 1. The molecular formula is C9H9FN4S. The molecule has 1 heterocycles. The normalized spacial score (nSPS) is 10.5. The Balaban J connectivity index is 2.29. The van der Waals surface area contributed by atoms with Crippen molar-refractivity contribution in [1.82, 2.24) is 14.8 Å². The van der Waals surface area contributed by atoms with Crippen LogP contribution in [-0.4, -0.2) is 14.8 Å². The molecule has 0 amide bonds. The number of aromatic amines is 1. The van der Waals surface area contributed by atoms with E-state index in [9.17, 15) is 4.39 Å². The number of aromatic nitrogens is 3. The molecule has 3 N–H and O–H groups in total. The van der Waals surface area contributed by atoms with Crippen LogP contribution in [0.5, 0.6) is 0 Å². The fourth-order valence-electron chi connectivity index (χ4n) is 1.26. The van der Waals surface area contributed by atoms with Crippen molar-refractivity contribution >= 4 is 18.2 Å². The van der Waals surface area contributed by atoms with E-state index in [1.54, 1.807) is 16.7 Å². The van der Waals surface area contributed by atoms with Crippen LogP contribution in [0.25, 0.3) is 0 Å². The Morgan fingerprint density at radius 3 is 2.60 bits per heavy atom. The molecule has 1 aromatic carbocycles. The Kier molecular flexibility index (Phi) is 2.51. The van der Waals surface area contributed by atoms with Crippen LogP contribution < -0.4 is 5.73 Å². The second-order valence-corrected chi connectivity index (χ2v) is 3.49. The van der Waals surface area contributed by atoms with Crippen molar-refractivity contribution in [3.63, 3.8) is 0 Å². The van der Waals surface area contributed by atoms with Gasteiger partial charge in [0.15, 0.2) is 4.77 Å². The summed E-state index contributed by atoms with van der Waals surface area (Å²) >= 11 is 4.99. The SMILES string of the molecule is Nc1n[nH]c(=S)n1Cc1ccc(F)cc1. The van der Waals surface area contributed by atoms with Crippen LogP contribution in [0.3, 0.4) is 0 Å². The summed E-state index contributed by atoms with van der Waals surface area (Å²) in [6.45, 7) is 0.488. The lowest BCUT2D eigenvalue weighted by Crippen LogP contribution is -2.04. The van der Waals surface area contributed by atoms with E-state index in [1.807, 2.05) is 0 Å². The molecule has 0 aliphatic rings. The van der Waals surface area contributed by atoms with E-state index >= 15 is 0 Å². The van der Waals surface area contributed by atoms with Crippen LogP contribution in [0.15, 0.2) is 24.3 Å². The summed E-state index contributed by atoms with van der Waals surface area (Å²) in [5, 5.41) is 6.36. The number of hydrogen-bond donors (Lipinski definition) is 2. The quantitative estimate of drug-likeness (QED) is 0.763. The third-order valence-corrected chi connectivity index (χ3v) is 2.35. The highest BCUT2D eigenvalue weighted by molar-refractivity contribution is 7.71. The zero-order chi connectivity index (χ0) is 10.8. The highest BCUT2D eigenvalue weighted by Gasteiger charge is 2.02. The van der Waals surface area contributed by atoms with Crippen LogP contribution in [0.4, 0.5) is 10.3 Å². The standard InChI is InChI=1S/C9H9FN4S/c10-7-3-1-6(2-4-7)5-14-8(11)12-13-9(14)15/h1-4H,5H2,(H2,11,12)(H,13,15). The van der Waals surface area contributed by atoms with E-state index in [2.05, 4.69) is 10.2 Å². The molecule has 0 saturated heterocycles. The molecule has 0 aliphatic carbocycles. The molecule has 2 aromatic rings. The summed E-state index contributed by atoms with van der Waals surface area (Å²) in [5.74, 6) is 0.0619. The number of nitrogen functional groups attached to an aromatic ring is 1. The van der Waals surface area contributed by atoms with Gasteiger partial charge in [-0.2, -0.15) is 0 Å². The summed E-state index contributed by atoms with van der Waals surface area (Å²) in [7, 11) is 0. The number of rotatable bonds is 2. The predicted molar refractivity (Wildman–Crippen MR) is 57.3 cm³/mol. The molecule has 0 radical (unpaired) electrons. The zero-order valence-corrected chi connectivity index (χ0v) is 8.59. The van der Waals surface area contributed by atoms with E-state index in [0.29, 0.717) is 17.3 Å². The first-order chi connectivity index (χ1) is 7.16. The number of H-pyrrole nitrogens is 1. The van der Waals surface area contributed by atoms with Crippen molar-refractivity contribution < 1.29 is 4.39 Å². The van der Waals surface area contributed by atoms with Crippen molar-refractivity contribution in [3.8, 4) is 0 Å². The Labute approximate surface area is 90.5 Å². The number of benzene rings is 1. The monoisotopic (exact) mass is 224 g/mol. The number of nitrogens with one attached hydrogen (secondary N) is 1. The topological polar surface area (TPSA) is 59.6 Å². The Hall–Kier alpha value is -1.69. The van der Waals surface area contributed by atoms with Crippen molar-refractivity contribution in [3.05, 3.63) is 40.4 Å². The fraction of sp³-hybridized carbons (Fsp3) is 0.111. The molecular weight excluding hydrogens is 215 g/mol. The molecule has 0 atom stereocenters. The van der Waals surface area contributed by atoms with Crippen molar-refractivity contribution in [2.24, 2.45) is 0 Å². The summed E-state index contributed by atoms with van der Waals surface area (Å²) in [6.07, 6.45) is 0. The smallest absolute Gasteiger partial charge is 0.220 e. The van der Waals surface area contributed by atoms with Crippen LogP contribution >= 0.6 is 12.2 Å². The van der Waals surface area contributed by atoms with Gasteiger partial charge in [0.25, 0.3) is 0 Å². The molecule has 78 valence electrons. The van der Waals surface area contributed by atoms with Gasteiger partial charge >= 0.3 is 0 Å². The number of hydrogen-bond acceptors (Lipinski definition) is 3. The molecule has 15 heavy (non-hydrogen) atoms. The van der Waals surface area contributed by atoms with Crippen LogP contribution in [-0.2, 0) is 6.54 Å². The van der Waals surface area contributed by atoms with Gasteiger partial charge in [0.2, 0.25) is 5.95 Å². The minimum Gasteiger partial charge on any atom is -0.368 e. The van der Waals surface area contributed by atoms with Gasteiger partial charge in [-0.25, -0.2) is 9.49 Å². The predicted octanol–water partition coefficient (Wildman–Crippen LogP) is 1.71. The maximum absolute atomic E-state index is 12.7. The summed E-state index contributed by atoms with van der Waals surface area (Å²) in [6, 6.07) is 6.16. The van der Waals surface area contributed by atoms with Crippen molar-refractivity contribution in [2.75, 3.05) is 5.73 Å². The summed E-state index contributed by atoms with van der Waals surface area (Å²) in [5.41, 5.74) is 6.52. The number of nitrogens with two attached hydrogens (primary N) is 1. The average Bonchev–Trinajstić information content (AvgIpc) is 2.53. The molecule has 0 unspecified atom stereocenters. The van der Waals surface area contributed by atoms with Gasteiger partial charge in [-0.1, -0.05) is 12.1 Å². The lowest BCUT2D eigenvalue weighted by molar-refractivity contribution is 0.626. The Morgan fingerprint density at radius 1 is 1.40 bits per heavy atom. The van der Waals surface area contributed by atoms with Crippen molar-refractivity contribution in [2.45, 2.75) is 6.54 Å². The molecule has 0 saturated carbocycles. The lowest BCUT2D eigenvalue weighted by atomic mass is 10.2. The molecule has 2 rings (SSSR count). The van der Waals surface area contributed by atoms with Gasteiger partial charge in [-0.15, -0.1) is 5.10 Å². The first kappa shape index (κ1) is 9.85. The minimum absolute atomic E-state index is 0.262. The third kappa shape index (κ3) is 2.04. The summed E-state index contributed by atoms with van der Waals surface area (Å²) in [4.78, 5) is 0. The van der Waals surface area contributed by atoms with E-state index < -0.39 is 0 Å². The van der Waals surface area contributed by atoms with Gasteiger partial charge in [0.1, 0.15) is 5.82 Å². The maximum atomic E-state index is 12.7. The van der Waals surface area contributed by atoms with E-state index in [-0.39, 0.29) is 5.82 Å². The van der Waals surface area contributed by atoms with Gasteiger partial charge in [-0.3, -0.25) is 4.57 Å². The maximum Gasteiger partial charge on any atom is 0.220 e. The molecule has 4 nitrogen and oxygen atoms in total. The first-order valence-corrected chi connectivity index (χ1v) is 4.73. The highest BCUT2D eigenvalue weighted by atomic mass is 32.1. The van der Waals surface area contributed by atoms with Gasteiger partial charge in [0, 0.05) is 0 Å². The first-order valence-electron chi connectivity index (χ1n) is 4.32. The molecule has 0 fully saturated rings. The van der Waals surface area contributed by atoms with Gasteiger partial charge in [0.05, 0.1) is 6.54 Å². The zero-order valence-electron chi connectivity index (χ0n) is 7.77. The molecule has 0 bridgehead atoms. The summed E-state index contributed by atoms with van der Waals surface area (Å²) < 4.78 is 14.8. The van der Waals surface area contributed by atoms with Gasteiger partial charge < -0.3 is 5.73 Å². The molecule has 1 aromatic heterocycles. The largest absolute Gasteiger partial charge is 0.368 e. The second kappa shape index (κ2) is 3.82. The molecule has 0 aliphatic heterocycles. The average molecular weight is 224 g/mol. The van der Waals surface area contributed by atoms with E-state index in [1.165, 1.54) is 12.1 Å².